The predicted octanol–water partition coefficient (Wildman–Crippen LogP) is 1.82. The first-order valence-electron chi connectivity index (χ1n) is 8.05. The van der Waals surface area contributed by atoms with Gasteiger partial charge in [-0.15, -0.1) is 0 Å². The van der Waals surface area contributed by atoms with E-state index in [9.17, 15) is 4.79 Å². The third-order valence-corrected chi connectivity index (χ3v) is 3.18. The van der Waals surface area contributed by atoms with Crippen LogP contribution in [0.5, 0.6) is 0 Å². The van der Waals surface area contributed by atoms with E-state index in [-0.39, 0.29) is 12.5 Å². The molecule has 6 nitrogen and oxygen atoms in total. The molecular formula is C18H23N5O. The molecule has 0 aliphatic rings. The lowest BCUT2D eigenvalue weighted by atomic mass is 10.3. The smallest absolute Gasteiger partial charge is 0.246 e. The molecular weight excluding hydrogens is 302 g/mol. The molecule has 0 spiro atoms. The van der Waals surface area contributed by atoms with Gasteiger partial charge in [-0.05, 0) is 31.2 Å². The fourth-order valence-electron chi connectivity index (χ4n) is 2.07. The molecule has 3 N–H and O–H groups in total. The van der Waals surface area contributed by atoms with E-state index in [1.807, 2.05) is 55.5 Å². The number of hydrogen-bond acceptors (Lipinski definition) is 3. The number of pyridine rings is 1. The number of aliphatic imine (C=N–C) groups is 1. The summed E-state index contributed by atoms with van der Waals surface area (Å²) < 4.78 is 0. The second-order valence-corrected chi connectivity index (χ2v) is 5.11. The number of hydrogen-bond donors (Lipinski definition) is 3. The van der Waals surface area contributed by atoms with Crippen LogP contribution in [0.15, 0.2) is 59.7 Å². The Balaban J connectivity index is 1.80. The largest absolute Gasteiger partial charge is 0.357 e. The van der Waals surface area contributed by atoms with E-state index in [2.05, 4.69) is 25.9 Å². The molecule has 1 aromatic carbocycles. The van der Waals surface area contributed by atoms with Crippen LogP contribution >= 0.6 is 0 Å². The first kappa shape index (κ1) is 17.5. The van der Waals surface area contributed by atoms with Gasteiger partial charge < -0.3 is 16.0 Å². The zero-order chi connectivity index (χ0) is 17.0. The van der Waals surface area contributed by atoms with E-state index in [4.69, 9.17) is 0 Å². The highest BCUT2D eigenvalue weighted by Crippen LogP contribution is 2.04. The molecule has 1 aromatic heterocycles. The number of amides is 1. The number of nitrogens with one attached hydrogen (secondary N) is 3. The first-order valence-corrected chi connectivity index (χ1v) is 8.05. The quantitative estimate of drug-likeness (QED) is 0.536. The number of rotatable bonds is 7. The lowest BCUT2D eigenvalue weighted by Gasteiger charge is -2.11. The monoisotopic (exact) mass is 325 g/mol. The van der Waals surface area contributed by atoms with Crippen LogP contribution in [-0.2, 0) is 11.2 Å². The maximum atomic E-state index is 11.9. The lowest BCUT2D eigenvalue weighted by molar-refractivity contribution is -0.114. The minimum atomic E-state index is -0.150. The zero-order valence-corrected chi connectivity index (χ0v) is 13.8. The Kier molecular flexibility index (Phi) is 7.27. The Hall–Kier alpha value is -2.89. The molecule has 0 radical (unpaired) electrons. The van der Waals surface area contributed by atoms with Gasteiger partial charge in [-0.1, -0.05) is 24.3 Å². The number of aromatic nitrogens is 1. The second-order valence-electron chi connectivity index (χ2n) is 5.11. The van der Waals surface area contributed by atoms with Crippen LogP contribution in [-0.4, -0.2) is 36.5 Å². The summed E-state index contributed by atoms with van der Waals surface area (Å²) in [7, 11) is 0. The van der Waals surface area contributed by atoms with Crippen LogP contribution in [0.25, 0.3) is 0 Å². The number of carbonyl (C=O) groups is 1. The van der Waals surface area contributed by atoms with Gasteiger partial charge in [-0.2, -0.15) is 0 Å². The van der Waals surface area contributed by atoms with E-state index in [0.717, 1.165) is 24.3 Å². The summed E-state index contributed by atoms with van der Waals surface area (Å²) >= 11 is 0. The molecule has 24 heavy (non-hydrogen) atoms. The Labute approximate surface area is 142 Å². The van der Waals surface area contributed by atoms with Gasteiger partial charge in [-0.3, -0.25) is 9.78 Å². The summed E-state index contributed by atoms with van der Waals surface area (Å²) in [6.07, 6.45) is 2.57. The Morgan fingerprint density at radius 1 is 1.08 bits per heavy atom. The molecule has 2 aromatic rings. The molecule has 0 saturated carbocycles. The fourth-order valence-corrected chi connectivity index (χ4v) is 2.07. The molecule has 0 fully saturated rings. The summed E-state index contributed by atoms with van der Waals surface area (Å²) in [4.78, 5) is 20.5. The number of anilines is 1. The van der Waals surface area contributed by atoms with Gasteiger partial charge in [0.15, 0.2) is 5.96 Å². The van der Waals surface area contributed by atoms with Crippen molar-refractivity contribution in [2.75, 3.05) is 25.0 Å². The first-order chi connectivity index (χ1) is 11.8. The molecule has 6 heteroatoms. The Bertz CT molecular complexity index is 643. The molecule has 1 heterocycles. The highest BCUT2D eigenvalue weighted by molar-refractivity contribution is 5.94. The standard InChI is InChI=1S/C18H23N5O/c1-2-19-18(21-13-11-15-8-6-7-12-20-15)22-14-17(24)23-16-9-4-3-5-10-16/h3-10,12H,2,11,13-14H2,1H3,(H,23,24)(H2,19,21,22). The van der Waals surface area contributed by atoms with Gasteiger partial charge >= 0.3 is 0 Å². The van der Waals surface area contributed by atoms with Crippen molar-refractivity contribution in [3.63, 3.8) is 0 Å². The van der Waals surface area contributed by atoms with Gasteiger partial charge in [-0.25, -0.2) is 4.99 Å². The van der Waals surface area contributed by atoms with Gasteiger partial charge in [0.25, 0.3) is 0 Å². The Morgan fingerprint density at radius 3 is 2.58 bits per heavy atom. The Morgan fingerprint density at radius 2 is 1.88 bits per heavy atom. The molecule has 0 bridgehead atoms. The van der Waals surface area contributed by atoms with Crippen LogP contribution in [0.2, 0.25) is 0 Å². The highest BCUT2D eigenvalue weighted by atomic mass is 16.1. The van der Waals surface area contributed by atoms with Crippen molar-refractivity contribution < 1.29 is 4.79 Å². The molecule has 1 amide bonds. The number of guanidine groups is 1. The minimum Gasteiger partial charge on any atom is -0.357 e. The van der Waals surface area contributed by atoms with Crippen LogP contribution in [0, 0.1) is 0 Å². The van der Waals surface area contributed by atoms with Crippen molar-refractivity contribution in [3.05, 3.63) is 60.4 Å². The van der Waals surface area contributed by atoms with Crippen molar-refractivity contribution >= 4 is 17.6 Å². The maximum Gasteiger partial charge on any atom is 0.246 e. The van der Waals surface area contributed by atoms with E-state index >= 15 is 0 Å². The molecule has 126 valence electrons. The van der Waals surface area contributed by atoms with Gasteiger partial charge in [0, 0.05) is 37.1 Å². The normalized spacial score (nSPS) is 11.0. The van der Waals surface area contributed by atoms with E-state index in [1.165, 1.54) is 0 Å². The van der Waals surface area contributed by atoms with E-state index in [0.29, 0.717) is 12.5 Å². The van der Waals surface area contributed by atoms with Crippen molar-refractivity contribution in [3.8, 4) is 0 Å². The van der Waals surface area contributed by atoms with E-state index < -0.39 is 0 Å². The number of benzene rings is 1. The van der Waals surface area contributed by atoms with Gasteiger partial charge in [0.05, 0.1) is 0 Å². The number of nitrogens with zero attached hydrogens (tertiary/aromatic N) is 2. The van der Waals surface area contributed by atoms with Crippen LogP contribution in [0.3, 0.4) is 0 Å². The highest BCUT2D eigenvalue weighted by Gasteiger charge is 2.03. The minimum absolute atomic E-state index is 0.0633. The predicted molar refractivity (Wildman–Crippen MR) is 97.0 cm³/mol. The fraction of sp³-hybridized carbons (Fsp3) is 0.278. The van der Waals surface area contributed by atoms with Crippen molar-refractivity contribution in [1.29, 1.82) is 0 Å². The van der Waals surface area contributed by atoms with Crippen LogP contribution in [0.4, 0.5) is 5.69 Å². The molecule has 0 atom stereocenters. The van der Waals surface area contributed by atoms with Gasteiger partial charge in [0.1, 0.15) is 6.54 Å². The topological polar surface area (TPSA) is 78.4 Å². The SMILES string of the molecule is CCNC(=NCC(=O)Nc1ccccc1)NCCc1ccccn1. The third-order valence-electron chi connectivity index (χ3n) is 3.18. The lowest BCUT2D eigenvalue weighted by Crippen LogP contribution is -2.39. The summed E-state index contributed by atoms with van der Waals surface area (Å²) in [5.41, 5.74) is 1.79. The second kappa shape index (κ2) is 9.99. The molecule has 0 saturated heterocycles. The summed E-state index contributed by atoms with van der Waals surface area (Å²) in [6, 6.07) is 15.2. The van der Waals surface area contributed by atoms with Crippen molar-refractivity contribution in [1.82, 2.24) is 15.6 Å². The molecule has 2 rings (SSSR count). The zero-order valence-electron chi connectivity index (χ0n) is 13.8. The van der Waals surface area contributed by atoms with Crippen LogP contribution < -0.4 is 16.0 Å². The summed E-state index contributed by atoms with van der Waals surface area (Å²) in [5, 5.41) is 9.14. The van der Waals surface area contributed by atoms with Crippen molar-refractivity contribution in [2.24, 2.45) is 4.99 Å². The molecule has 0 aliphatic heterocycles. The number of para-hydroxylation sites is 1. The molecule has 0 aliphatic carbocycles. The maximum absolute atomic E-state index is 11.9. The third kappa shape index (κ3) is 6.48. The summed E-state index contributed by atoms with van der Waals surface area (Å²) in [6.45, 7) is 3.48. The van der Waals surface area contributed by atoms with Gasteiger partial charge in [0.2, 0.25) is 5.91 Å². The van der Waals surface area contributed by atoms with Crippen LogP contribution in [0.1, 0.15) is 12.6 Å². The average Bonchev–Trinajstić information content (AvgIpc) is 2.61. The van der Waals surface area contributed by atoms with E-state index in [1.54, 1.807) is 6.20 Å². The summed E-state index contributed by atoms with van der Waals surface area (Å²) in [5.74, 6) is 0.472. The average molecular weight is 325 g/mol. The van der Waals surface area contributed by atoms with Crippen molar-refractivity contribution in [2.45, 2.75) is 13.3 Å². The number of carbonyl (C=O) groups excluding carboxylic acids is 1. The molecule has 0 unspecified atom stereocenters.